The van der Waals surface area contributed by atoms with Crippen molar-refractivity contribution in [3.8, 4) is 5.75 Å². The molecule has 1 amide bonds. The van der Waals surface area contributed by atoms with Crippen LogP contribution in [0, 0.1) is 10.1 Å². The molecule has 0 fully saturated rings. The van der Waals surface area contributed by atoms with Gasteiger partial charge >= 0.3 is 5.97 Å². The summed E-state index contributed by atoms with van der Waals surface area (Å²) in [5.74, 6) is -2.03. The van der Waals surface area contributed by atoms with Gasteiger partial charge in [-0.1, -0.05) is 23.2 Å². The number of nitro groups is 1. The van der Waals surface area contributed by atoms with Gasteiger partial charge in [0.2, 0.25) is 0 Å². The number of amides is 1. The van der Waals surface area contributed by atoms with Crippen molar-refractivity contribution < 1.29 is 24.4 Å². The van der Waals surface area contributed by atoms with Crippen molar-refractivity contribution >= 4 is 46.5 Å². The largest absolute Gasteiger partial charge is 0.507 e. The van der Waals surface area contributed by atoms with Crippen LogP contribution in [0.5, 0.6) is 5.75 Å². The molecular weight excluding hydrogens is 375 g/mol. The maximum Gasteiger partial charge on any atom is 0.342 e. The summed E-state index contributed by atoms with van der Waals surface area (Å²) in [5.41, 5.74) is -0.409. The number of hydrogen-bond acceptors (Lipinski definition) is 6. The predicted octanol–water partition coefficient (Wildman–Crippen LogP) is 3.40. The molecule has 2 aromatic rings. The fourth-order valence-corrected chi connectivity index (χ4v) is 2.17. The highest BCUT2D eigenvalue weighted by Crippen LogP contribution is 2.27. The number of esters is 1. The van der Waals surface area contributed by atoms with E-state index in [-0.39, 0.29) is 32.7 Å². The minimum atomic E-state index is -0.925. The first-order valence-electron chi connectivity index (χ1n) is 6.67. The number of hydrogen-bond donors (Lipinski definition) is 2. The minimum Gasteiger partial charge on any atom is -0.507 e. The summed E-state index contributed by atoms with van der Waals surface area (Å²) in [6.45, 7) is -0.655. The number of halogens is 2. The van der Waals surface area contributed by atoms with Crippen molar-refractivity contribution in [2.75, 3.05) is 11.9 Å². The molecule has 0 unspecified atom stereocenters. The lowest BCUT2D eigenvalue weighted by molar-refractivity contribution is -0.384. The highest BCUT2D eigenvalue weighted by atomic mass is 35.5. The Morgan fingerprint density at radius 1 is 1.20 bits per heavy atom. The van der Waals surface area contributed by atoms with Gasteiger partial charge in [0.15, 0.2) is 6.61 Å². The zero-order valence-electron chi connectivity index (χ0n) is 12.4. The Bertz CT molecular complexity index is 856. The van der Waals surface area contributed by atoms with Gasteiger partial charge in [0.05, 0.1) is 4.92 Å². The quantitative estimate of drug-likeness (QED) is 0.463. The van der Waals surface area contributed by atoms with Crippen LogP contribution in [0.15, 0.2) is 36.4 Å². The van der Waals surface area contributed by atoms with Crippen LogP contribution in [0.3, 0.4) is 0 Å². The van der Waals surface area contributed by atoms with E-state index in [1.807, 2.05) is 0 Å². The molecule has 0 saturated carbocycles. The lowest BCUT2D eigenvalue weighted by Crippen LogP contribution is -2.21. The normalized spacial score (nSPS) is 10.2. The average molecular weight is 385 g/mol. The number of nitrogens with one attached hydrogen (secondary N) is 1. The van der Waals surface area contributed by atoms with Gasteiger partial charge in [0, 0.05) is 16.8 Å². The highest BCUT2D eigenvalue weighted by Gasteiger charge is 2.16. The van der Waals surface area contributed by atoms with Crippen LogP contribution in [0.1, 0.15) is 10.4 Å². The number of carbonyl (C=O) groups excluding carboxylic acids is 2. The summed E-state index contributed by atoms with van der Waals surface area (Å²) in [7, 11) is 0. The molecule has 2 rings (SSSR count). The van der Waals surface area contributed by atoms with E-state index in [9.17, 15) is 24.8 Å². The summed E-state index contributed by atoms with van der Waals surface area (Å²) in [5, 5.41) is 22.9. The van der Waals surface area contributed by atoms with E-state index < -0.39 is 23.4 Å². The number of nitrogens with zero attached hydrogens (tertiary/aromatic N) is 1. The van der Waals surface area contributed by atoms with Crippen LogP contribution < -0.4 is 5.32 Å². The monoisotopic (exact) mass is 384 g/mol. The molecule has 2 aromatic carbocycles. The average Bonchev–Trinajstić information content (AvgIpc) is 2.54. The van der Waals surface area contributed by atoms with E-state index in [1.165, 1.54) is 24.3 Å². The second-order valence-electron chi connectivity index (χ2n) is 4.71. The molecule has 0 saturated heterocycles. The van der Waals surface area contributed by atoms with Crippen molar-refractivity contribution in [2.24, 2.45) is 0 Å². The maximum absolute atomic E-state index is 11.8. The molecule has 0 aliphatic heterocycles. The van der Waals surface area contributed by atoms with Gasteiger partial charge in [-0.25, -0.2) is 4.79 Å². The SMILES string of the molecule is O=C(COC(=O)c1ccc(Cl)cc1O)Nc1ccc(Cl)c([N+](=O)[O-])c1. The number of carbonyl (C=O) groups is 2. The lowest BCUT2D eigenvalue weighted by atomic mass is 10.2. The third-order valence-corrected chi connectivity index (χ3v) is 3.50. The molecule has 0 atom stereocenters. The second kappa shape index (κ2) is 7.82. The van der Waals surface area contributed by atoms with Gasteiger partial charge in [-0.05, 0) is 30.3 Å². The lowest BCUT2D eigenvalue weighted by Gasteiger charge is -2.08. The van der Waals surface area contributed by atoms with Gasteiger partial charge in [-0.15, -0.1) is 0 Å². The predicted molar refractivity (Wildman–Crippen MR) is 90.1 cm³/mol. The molecule has 25 heavy (non-hydrogen) atoms. The van der Waals surface area contributed by atoms with Crippen LogP contribution in [-0.4, -0.2) is 28.5 Å². The standard InChI is InChI=1S/C15H10Cl2N2O6/c16-8-1-3-10(13(20)5-8)15(22)25-7-14(21)18-9-2-4-11(17)12(6-9)19(23)24/h1-6,20H,7H2,(H,18,21). The Labute approximate surface area is 151 Å². The molecule has 0 spiro atoms. The van der Waals surface area contributed by atoms with Gasteiger partial charge in [0.1, 0.15) is 16.3 Å². The number of benzene rings is 2. The van der Waals surface area contributed by atoms with E-state index in [4.69, 9.17) is 27.9 Å². The Morgan fingerprint density at radius 3 is 2.56 bits per heavy atom. The third kappa shape index (κ3) is 4.82. The summed E-state index contributed by atoms with van der Waals surface area (Å²) >= 11 is 11.3. The number of phenols is 1. The second-order valence-corrected chi connectivity index (χ2v) is 5.55. The molecule has 0 aromatic heterocycles. The van der Waals surface area contributed by atoms with E-state index in [0.717, 1.165) is 12.1 Å². The van der Waals surface area contributed by atoms with Crippen molar-refractivity contribution in [1.82, 2.24) is 0 Å². The number of nitro benzene ring substituents is 1. The molecule has 0 aliphatic rings. The molecule has 0 radical (unpaired) electrons. The number of ether oxygens (including phenoxy) is 1. The van der Waals surface area contributed by atoms with Gasteiger partial charge in [-0.3, -0.25) is 14.9 Å². The minimum absolute atomic E-state index is 0.0763. The molecule has 0 heterocycles. The topological polar surface area (TPSA) is 119 Å². The third-order valence-electron chi connectivity index (χ3n) is 2.94. The number of aromatic hydroxyl groups is 1. The Hall–Kier alpha value is -2.84. The van der Waals surface area contributed by atoms with Gasteiger partial charge < -0.3 is 15.2 Å². The van der Waals surface area contributed by atoms with Crippen molar-refractivity contribution in [3.05, 3.63) is 62.1 Å². The molecule has 8 nitrogen and oxygen atoms in total. The van der Waals surface area contributed by atoms with Crippen molar-refractivity contribution in [1.29, 1.82) is 0 Å². The highest BCUT2D eigenvalue weighted by molar-refractivity contribution is 6.32. The van der Waals surface area contributed by atoms with Crippen molar-refractivity contribution in [3.63, 3.8) is 0 Å². The first-order valence-corrected chi connectivity index (χ1v) is 7.43. The Morgan fingerprint density at radius 2 is 1.92 bits per heavy atom. The first kappa shape index (κ1) is 18.5. The molecule has 10 heteroatoms. The fourth-order valence-electron chi connectivity index (χ4n) is 1.81. The summed E-state index contributed by atoms with van der Waals surface area (Å²) < 4.78 is 4.77. The summed E-state index contributed by atoms with van der Waals surface area (Å²) in [6.07, 6.45) is 0. The van der Waals surface area contributed by atoms with Crippen LogP contribution in [-0.2, 0) is 9.53 Å². The Kier molecular flexibility index (Phi) is 5.79. The molecule has 130 valence electrons. The molecule has 0 bridgehead atoms. The smallest absolute Gasteiger partial charge is 0.342 e. The maximum atomic E-state index is 11.8. The van der Waals surface area contributed by atoms with Crippen LogP contribution >= 0.6 is 23.2 Å². The van der Waals surface area contributed by atoms with Crippen molar-refractivity contribution in [2.45, 2.75) is 0 Å². The van der Waals surface area contributed by atoms with Gasteiger partial charge in [0.25, 0.3) is 11.6 Å². The van der Waals surface area contributed by atoms with Crippen LogP contribution in [0.25, 0.3) is 0 Å². The zero-order valence-corrected chi connectivity index (χ0v) is 13.9. The van der Waals surface area contributed by atoms with E-state index in [0.29, 0.717) is 0 Å². The fraction of sp³-hybridized carbons (Fsp3) is 0.0667. The van der Waals surface area contributed by atoms with E-state index in [2.05, 4.69) is 5.32 Å². The number of rotatable bonds is 5. The van der Waals surface area contributed by atoms with E-state index >= 15 is 0 Å². The first-order chi connectivity index (χ1) is 11.8. The summed E-state index contributed by atoms with van der Waals surface area (Å²) in [4.78, 5) is 33.7. The molecule has 0 aliphatic carbocycles. The number of phenolic OH excluding ortho intramolecular Hbond substituents is 1. The summed E-state index contributed by atoms with van der Waals surface area (Å²) in [6, 6.07) is 7.48. The van der Waals surface area contributed by atoms with Crippen LogP contribution in [0.2, 0.25) is 10.0 Å². The number of anilines is 1. The van der Waals surface area contributed by atoms with E-state index in [1.54, 1.807) is 0 Å². The molecular formula is C15H10Cl2N2O6. The Balaban J connectivity index is 1.98. The molecule has 2 N–H and O–H groups in total. The zero-order chi connectivity index (χ0) is 18.6. The van der Waals surface area contributed by atoms with Gasteiger partial charge in [-0.2, -0.15) is 0 Å². The van der Waals surface area contributed by atoms with Crippen LogP contribution in [0.4, 0.5) is 11.4 Å².